The summed E-state index contributed by atoms with van der Waals surface area (Å²) in [5, 5.41) is 23.3. The number of hydrogen-bond acceptors (Lipinski definition) is 8. The summed E-state index contributed by atoms with van der Waals surface area (Å²) in [6.45, 7) is 5.37. The topological polar surface area (TPSA) is 122 Å². The van der Waals surface area contributed by atoms with E-state index in [4.69, 9.17) is 37.6 Å². The number of carbonyl (C=O) groups excluding carboxylic acids is 1. The van der Waals surface area contributed by atoms with Crippen molar-refractivity contribution in [2.45, 2.75) is 83.2 Å². The zero-order valence-corrected chi connectivity index (χ0v) is 29.8. The Morgan fingerprint density at radius 3 is 2.71 bits per heavy atom. The van der Waals surface area contributed by atoms with Gasteiger partial charge in [-0.1, -0.05) is 45.6 Å². The van der Waals surface area contributed by atoms with Crippen molar-refractivity contribution in [3.63, 3.8) is 0 Å². The Balaban J connectivity index is 1.24. The highest BCUT2D eigenvalue weighted by Crippen LogP contribution is 2.51. The monoisotopic (exact) mass is 727 g/mol. The molecular weight excluding hydrogens is 692 g/mol. The fourth-order valence-corrected chi connectivity index (χ4v) is 9.08. The minimum Gasteiger partial charge on any atom is -0.370 e. The summed E-state index contributed by atoms with van der Waals surface area (Å²) in [5.74, 6) is 0.106. The molecule has 262 valence electrons. The first kappa shape index (κ1) is 32.8. The van der Waals surface area contributed by atoms with Gasteiger partial charge in [0.05, 0.1) is 46.4 Å². The van der Waals surface area contributed by atoms with Crippen molar-refractivity contribution in [1.29, 1.82) is 5.26 Å². The van der Waals surface area contributed by atoms with E-state index in [0.717, 1.165) is 42.4 Å². The zero-order valence-electron chi connectivity index (χ0n) is 28.3. The Labute approximate surface area is 303 Å². The summed E-state index contributed by atoms with van der Waals surface area (Å²) < 4.78 is 30.8. The molecule has 2 aliphatic carbocycles. The van der Waals surface area contributed by atoms with E-state index in [1.54, 1.807) is 18.2 Å². The van der Waals surface area contributed by atoms with Crippen LogP contribution in [0.4, 0.5) is 4.39 Å². The van der Waals surface area contributed by atoms with Gasteiger partial charge in [-0.3, -0.25) is 4.79 Å². The molecule has 3 aliphatic heterocycles. The van der Waals surface area contributed by atoms with Gasteiger partial charge in [0.25, 0.3) is 0 Å². The summed E-state index contributed by atoms with van der Waals surface area (Å²) in [6.07, 6.45) is 3.78. The Morgan fingerprint density at radius 2 is 2.00 bits per heavy atom. The van der Waals surface area contributed by atoms with Gasteiger partial charge >= 0.3 is 0 Å². The van der Waals surface area contributed by atoms with Crippen LogP contribution in [0.2, 0.25) is 10.0 Å². The second-order valence-electron chi connectivity index (χ2n) is 14.5. The summed E-state index contributed by atoms with van der Waals surface area (Å²) in [6, 6.07) is 11.7. The first-order valence-electron chi connectivity index (χ1n) is 17.6. The number of halogens is 3. The summed E-state index contributed by atoms with van der Waals surface area (Å²) in [4.78, 5) is 20.9. The van der Waals surface area contributed by atoms with Crippen molar-refractivity contribution in [2.24, 2.45) is 11.8 Å². The second kappa shape index (κ2) is 12.6. The lowest BCUT2D eigenvalue weighted by Crippen LogP contribution is -2.41. The fourth-order valence-electron chi connectivity index (χ4n) is 8.68. The second-order valence-corrected chi connectivity index (χ2v) is 15.3. The number of ether oxygens (including phenoxy) is 1. The lowest BCUT2D eigenvalue weighted by atomic mass is 9.79. The van der Waals surface area contributed by atoms with E-state index < -0.39 is 5.82 Å². The van der Waals surface area contributed by atoms with Gasteiger partial charge < -0.3 is 19.5 Å². The average Bonchev–Trinajstić information content (AvgIpc) is 3.55. The third-order valence-electron chi connectivity index (χ3n) is 11.4. The number of nitriles is 1. The first-order valence-corrected chi connectivity index (χ1v) is 18.4. The van der Waals surface area contributed by atoms with Crippen LogP contribution in [0.3, 0.4) is 0 Å². The molecule has 3 saturated heterocycles. The lowest BCUT2D eigenvalue weighted by molar-refractivity contribution is -0.134. The summed E-state index contributed by atoms with van der Waals surface area (Å²) >= 11 is 13.1. The van der Waals surface area contributed by atoms with Gasteiger partial charge in [0.1, 0.15) is 16.9 Å². The molecule has 2 saturated carbocycles. The number of nitrogens with one attached hydrogen (secondary N) is 1. The Kier molecular flexibility index (Phi) is 8.07. The third kappa shape index (κ3) is 5.33. The maximum atomic E-state index is 17.2. The number of nitrogens with zero attached hydrogens (tertiary/aromatic N) is 6. The van der Waals surface area contributed by atoms with Crippen LogP contribution in [-0.4, -0.2) is 55.9 Å². The number of hydrogen-bond donors (Lipinski definition) is 1. The number of pyridine rings is 1. The average molecular weight is 729 g/mol. The van der Waals surface area contributed by atoms with Crippen LogP contribution >= 0.6 is 23.2 Å². The van der Waals surface area contributed by atoms with E-state index in [2.05, 4.69) is 32.3 Å². The van der Waals surface area contributed by atoms with Gasteiger partial charge in [0.2, 0.25) is 5.91 Å². The molecule has 0 spiro atoms. The first-order chi connectivity index (χ1) is 24.7. The van der Waals surface area contributed by atoms with Gasteiger partial charge in [0.15, 0.2) is 5.82 Å². The normalized spacial score (nSPS) is 24.1. The van der Waals surface area contributed by atoms with Crippen molar-refractivity contribution in [3.05, 3.63) is 74.5 Å². The predicted octanol–water partition coefficient (Wildman–Crippen LogP) is 7.56. The van der Waals surface area contributed by atoms with Crippen molar-refractivity contribution in [3.8, 4) is 17.2 Å². The molecule has 5 aromatic rings. The van der Waals surface area contributed by atoms with Gasteiger partial charge in [-0.2, -0.15) is 5.26 Å². The van der Waals surface area contributed by atoms with Crippen LogP contribution in [0.15, 0.2) is 35.0 Å². The SMILES string of the molecule is Cc1nonc1CO[C@H]1C[C@H](c2cc3c(C)nc4c(F)c(-c5cccc(Cl)c5Cl)c(CCC#N)cc4c3n2[C@H]2[C@H]3CN[C@@H]2C3)N(C(=O)C2CC2)C1. The molecule has 6 heterocycles. The van der Waals surface area contributed by atoms with Crippen molar-refractivity contribution < 1.29 is 18.6 Å². The smallest absolute Gasteiger partial charge is 0.226 e. The highest BCUT2D eigenvalue weighted by atomic mass is 35.5. The number of amides is 1. The Morgan fingerprint density at radius 1 is 1.16 bits per heavy atom. The maximum absolute atomic E-state index is 17.2. The molecular formula is C38H36Cl2FN7O3. The maximum Gasteiger partial charge on any atom is 0.226 e. The van der Waals surface area contributed by atoms with Crippen LogP contribution in [0.5, 0.6) is 0 Å². The van der Waals surface area contributed by atoms with Gasteiger partial charge in [-0.25, -0.2) is 14.0 Å². The van der Waals surface area contributed by atoms with Crippen LogP contribution in [-0.2, 0) is 22.6 Å². The third-order valence-corrected chi connectivity index (χ3v) is 12.3. The van der Waals surface area contributed by atoms with Crippen LogP contribution in [0, 0.1) is 42.8 Å². The van der Waals surface area contributed by atoms with Gasteiger partial charge in [-0.05, 0) is 69.2 Å². The van der Waals surface area contributed by atoms with E-state index in [-0.39, 0.29) is 59.6 Å². The Hall–Kier alpha value is -4.08. The molecule has 0 unspecified atom stereocenters. The standard InChI is InChI=1S/C38H36Cl2FN7O3/c1-18-25-14-31(30-13-23(16-47(30)38(49)20-8-9-20)50-17-29-19(2)45-51-46-29)48(36-22-12-28(36)43-15-22)37(25)26-11-21(5-4-10-42)32(34(41)35(26)44-18)24-6-3-7-27(39)33(24)40/h3,6-7,11,14,20,22-23,28,30,36,43H,4-5,8-9,12-13,15-17H2,1-2H3/t22-,23+,28-,30-,36+/m1/s1. The van der Waals surface area contributed by atoms with E-state index in [9.17, 15) is 10.1 Å². The highest BCUT2D eigenvalue weighted by Gasteiger charge is 2.51. The van der Waals surface area contributed by atoms with Gasteiger partial charge in [-0.15, -0.1) is 0 Å². The largest absolute Gasteiger partial charge is 0.370 e. The van der Waals surface area contributed by atoms with E-state index >= 15 is 4.39 Å². The molecule has 1 amide bonds. The molecule has 13 heteroatoms. The molecule has 2 bridgehead atoms. The van der Waals surface area contributed by atoms with E-state index in [0.29, 0.717) is 69.5 Å². The lowest BCUT2D eigenvalue weighted by Gasteiger charge is -2.39. The number of aryl methyl sites for hydroxylation is 3. The van der Waals surface area contributed by atoms with E-state index in [1.165, 1.54) is 0 Å². The minimum atomic E-state index is -0.490. The van der Waals surface area contributed by atoms with Crippen molar-refractivity contribution in [2.75, 3.05) is 13.1 Å². The predicted molar refractivity (Wildman–Crippen MR) is 190 cm³/mol. The number of fused-ring (bicyclic) bond motifs is 4. The van der Waals surface area contributed by atoms with Crippen LogP contribution in [0.1, 0.15) is 72.5 Å². The molecule has 5 fully saturated rings. The van der Waals surface area contributed by atoms with E-state index in [1.807, 2.05) is 24.8 Å². The summed E-state index contributed by atoms with van der Waals surface area (Å²) in [7, 11) is 0. The summed E-state index contributed by atoms with van der Waals surface area (Å²) in [5.41, 5.74) is 5.64. The van der Waals surface area contributed by atoms with Crippen molar-refractivity contribution >= 4 is 50.9 Å². The molecule has 0 radical (unpaired) electrons. The zero-order chi connectivity index (χ0) is 35.1. The molecule has 51 heavy (non-hydrogen) atoms. The molecule has 10 rings (SSSR count). The van der Waals surface area contributed by atoms with Crippen LogP contribution in [0.25, 0.3) is 32.9 Å². The molecule has 2 aromatic carbocycles. The fraction of sp³-hybridized carbons (Fsp3) is 0.447. The number of carbonyl (C=O) groups is 1. The number of rotatable bonds is 9. The molecule has 5 aliphatic rings. The van der Waals surface area contributed by atoms with Crippen LogP contribution < -0.4 is 5.32 Å². The quantitative estimate of drug-likeness (QED) is 0.165. The number of aromatic nitrogens is 4. The Bertz CT molecular complexity index is 2260. The van der Waals surface area contributed by atoms with Gasteiger partial charge in [0, 0.05) is 71.2 Å². The molecule has 3 aromatic heterocycles. The molecule has 10 nitrogen and oxygen atoms in total. The number of likely N-dealkylation sites (tertiary alicyclic amines) is 1. The van der Waals surface area contributed by atoms with Crippen molar-refractivity contribution in [1.82, 2.24) is 30.1 Å². The minimum absolute atomic E-state index is 0.0327. The molecule has 5 atom stereocenters. The highest BCUT2D eigenvalue weighted by molar-refractivity contribution is 6.43. The number of benzene rings is 2. The molecule has 1 N–H and O–H groups in total.